The lowest BCUT2D eigenvalue weighted by molar-refractivity contribution is -0.121. The molecule has 0 saturated carbocycles. The Morgan fingerprint density at radius 3 is 2.47 bits per heavy atom. The number of sulfonamides is 1. The summed E-state index contributed by atoms with van der Waals surface area (Å²) in [7, 11) is -3.66. The largest absolute Gasteiger partial charge is 0.379 e. The number of nitrogens with one attached hydrogen (secondary N) is 1. The molecule has 2 aromatic rings. The fourth-order valence-corrected chi connectivity index (χ4v) is 6.38. The van der Waals surface area contributed by atoms with E-state index < -0.39 is 10.0 Å². The number of anilines is 1. The Morgan fingerprint density at radius 2 is 1.81 bits per heavy atom. The van der Waals surface area contributed by atoms with Gasteiger partial charge in [0.25, 0.3) is 5.91 Å². The summed E-state index contributed by atoms with van der Waals surface area (Å²) in [6.07, 6.45) is 1.15. The van der Waals surface area contributed by atoms with Gasteiger partial charge in [-0.1, -0.05) is 12.1 Å². The number of benzene rings is 1. The first-order valence-electron chi connectivity index (χ1n) is 10.7. The van der Waals surface area contributed by atoms with Crippen molar-refractivity contribution in [2.45, 2.75) is 24.7 Å². The number of rotatable bonds is 5. The molecule has 3 heterocycles. The summed E-state index contributed by atoms with van der Waals surface area (Å²) in [6, 6.07) is 8.64. The molecule has 2 saturated heterocycles. The number of morpholine rings is 1. The predicted molar refractivity (Wildman–Crippen MR) is 122 cm³/mol. The summed E-state index contributed by atoms with van der Waals surface area (Å²) in [4.78, 5) is 28.0. The van der Waals surface area contributed by atoms with Gasteiger partial charge in [-0.3, -0.25) is 9.59 Å². The normalized spacial score (nSPS) is 18.5. The van der Waals surface area contributed by atoms with Crippen LogP contribution in [-0.2, 0) is 19.6 Å². The van der Waals surface area contributed by atoms with E-state index >= 15 is 0 Å². The van der Waals surface area contributed by atoms with Crippen LogP contribution in [0.3, 0.4) is 0 Å². The van der Waals surface area contributed by atoms with Gasteiger partial charge in [-0.25, -0.2) is 8.42 Å². The summed E-state index contributed by atoms with van der Waals surface area (Å²) in [5.74, 6) is -0.356. The van der Waals surface area contributed by atoms with Gasteiger partial charge in [0.05, 0.1) is 23.0 Å². The van der Waals surface area contributed by atoms with Gasteiger partial charge >= 0.3 is 0 Å². The highest BCUT2D eigenvalue weighted by Gasteiger charge is 2.30. The maximum atomic E-state index is 13.1. The molecule has 0 unspecified atom stereocenters. The minimum atomic E-state index is -3.66. The van der Waals surface area contributed by atoms with Gasteiger partial charge in [0.15, 0.2) is 0 Å². The molecule has 0 spiro atoms. The van der Waals surface area contributed by atoms with Crippen molar-refractivity contribution < 1.29 is 22.7 Å². The Hall–Kier alpha value is -2.27. The lowest BCUT2D eigenvalue weighted by atomic mass is 9.95. The van der Waals surface area contributed by atoms with Crippen LogP contribution >= 0.6 is 11.3 Å². The molecule has 172 valence electrons. The Morgan fingerprint density at radius 1 is 1.09 bits per heavy atom. The predicted octanol–water partition coefficient (Wildman–Crippen LogP) is 2.57. The number of carbonyl (C=O) groups excluding carboxylic acids is 2. The molecule has 1 aromatic carbocycles. The highest BCUT2D eigenvalue weighted by molar-refractivity contribution is 7.89. The highest BCUT2D eigenvalue weighted by atomic mass is 32.2. The molecule has 0 atom stereocenters. The zero-order valence-corrected chi connectivity index (χ0v) is 19.6. The van der Waals surface area contributed by atoms with Gasteiger partial charge in [-0.15, -0.1) is 11.3 Å². The van der Waals surface area contributed by atoms with E-state index in [0.717, 1.165) is 0 Å². The van der Waals surface area contributed by atoms with Crippen molar-refractivity contribution in [1.82, 2.24) is 9.21 Å². The van der Waals surface area contributed by atoms with E-state index in [0.29, 0.717) is 68.4 Å². The number of amides is 2. The van der Waals surface area contributed by atoms with Crippen molar-refractivity contribution in [2.24, 2.45) is 5.92 Å². The van der Waals surface area contributed by atoms with Gasteiger partial charge in [0.1, 0.15) is 0 Å². The number of ether oxygens (including phenoxy) is 1. The van der Waals surface area contributed by atoms with E-state index in [-0.39, 0.29) is 22.6 Å². The maximum Gasteiger partial charge on any atom is 0.263 e. The van der Waals surface area contributed by atoms with Gasteiger partial charge in [0, 0.05) is 37.8 Å². The second kappa shape index (κ2) is 9.70. The molecule has 10 heteroatoms. The van der Waals surface area contributed by atoms with E-state index in [1.165, 1.54) is 21.7 Å². The second-order valence-electron chi connectivity index (χ2n) is 8.03. The van der Waals surface area contributed by atoms with Crippen LogP contribution in [-0.4, -0.2) is 68.8 Å². The van der Waals surface area contributed by atoms with Gasteiger partial charge in [-0.2, -0.15) is 4.31 Å². The first-order chi connectivity index (χ1) is 15.4. The van der Waals surface area contributed by atoms with Crippen LogP contribution in [0.1, 0.15) is 28.1 Å². The van der Waals surface area contributed by atoms with Crippen LogP contribution in [0.4, 0.5) is 5.69 Å². The molecular formula is C22H27N3O5S2. The third kappa shape index (κ3) is 4.88. The van der Waals surface area contributed by atoms with E-state index in [2.05, 4.69) is 5.32 Å². The molecule has 0 radical (unpaired) electrons. The number of piperidine rings is 1. The molecule has 2 aliphatic rings. The molecule has 0 bridgehead atoms. The van der Waals surface area contributed by atoms with Crippen LogP contribution in [0.25, 0.3) is 0 Å². The average Bonchev–Trinajstić information content (AvgIpc) is 3.35. The number of carbonyl (C=O) groups is 2. The summed E-state index contributed by atoms with van der Waals surface area (Å²) < 4.78 is 32.8. The smallest absolute Gasteiger partial charge is 0.263 e. The van der Waals surface area contributed by atoms with Crippen molar-refractivity contribution >= 4 is 38.9 Å². The molecule has 0 aliphatic carbocycles. The average molecular weight is 478 g/mol. The Balaban J connectivity index is 1.40. The first-order valence-corrected chi connectivity index (χ1v) is 13.0. The minimum Gasteiger partial charge on any atom is -0.379 e. The van der Waals surface area contributed by atoms with Crippen molar-refractivity contribution in [3.8, 4) is 0 Å². The second-order valence-corrected chi connectivity index (χ2v) is 10.9. The molecule has 1 aromatic heterocycles. The van der Waals surface area contributed by atoms with Crippen LogP contribution in [0.5, 0.6) is 0 Å². The Kier molecular flexibility index (Phi) is 6.94. The lowest BCUT2D eigenvalue weighted by Crippen LogP contribution is -2.41. The molecule has 32 heavy (non-hydrogen) atoms. The van der Waals surface area contributed by atoms with E-state index in [4.69, 9.17) is 4.74 Å². The number of thiophene rings is 1. The number of hydrogen-bond acceptors (Lipinski definition) is 6. The van der Waals surface area contributed by atoms with Crippen LogP contribution in [0.2, 0.25) is 0 Å². The fraction of sp³-hybridized carbons (Fsp3) is 0.455. The standard InChI is InChI=1S/C22H27N3O5S2/c1-16-4-5-18(15-20(16)32(28,29)25-10-12-30-13-11-25)23-21(26)17-6-8-24(9-7-17)22(27)19-3-2-14-31-19/h2-5,14-15,17H,6-13H2,1H3,(H,23,26). The summed E-state index contributed by atoms with van der Waals surface area (Å²) in [5, 5.41) is 4.76. The lowest BCUT2D eigenvalue weighted by Gasteiger charge is -2.31. The number of likely N-dealkylation sites (tertiary alicyclic amines) is 1. The summed E-state index contributed by atoms with van der Waals surface area (Å²) >= 11 is 1.42. The molecule has 2 fully saturated rings. The molecular weight excluding hydrogens is 450 g/mol. The van der Waals surface area contributed by atoms with E-state index in [1.807, 2.05) is 17.5 Å². The first kappa shape index (κ1) is 22.9. The zero-order valence-electron chi connectivity index (χ0n) is 18.0. The van der Waals surface area contributed by atoms with Gasteiger partial charge < -0.3 is 15.0 Å². The van der Waals surface area contributed by atoms with Crippen molar-refractivity contribution in [3.05, 3.63) is 46.2 Å². The Bertz CT molecular complexity index is 1070. The third-order valence-electron chi connectivity index (χ3n) is 5.93. The highest BCUT2D eigenvalue weighted by Crippen LogP contribution is 2.26. The van der Waals surface area contributed by atoms with Crippen molar-refractivity contribution in [3.63, 3.8) is 0 Å². The molecule has 4 rings (SSSR count). The van der Waals surface area contributed by atoms with Crippen LogP contribution in [0, 0.1) is 12.8 Å². The van der Waals surface area contributed by atoms with Gasteiger partial charge in [0.2, 0.25) is 15.9 Å². The minimum absolute atomic E-state index is 0.00959. The Labute approximate surface area is 192 Å². The zero-order chi connectivity index (χ0) is 22.7. The van der Waals surface area contributed by atoms with Gasteiger partial charge in [-0.05, 0) is 48.9 Å². The SMILES string of the molecule is Cc1ccc(NC(=O)C2CCN(C(=O)c3cccs3)CC2)cc1S(=O)(=O)N1CCOCC1. The van der Waals surface area contributed by atoms with Crippen LogP contribution in [0.15, 0.2) is 40.6 Å². The monoisotopic (exact) mass is 477 g/mol. The third-order valence-corrected chi connectivity index (χ3v) is 8.83. The van der Waals surface area contributed by atoms with E-state index in [1.54, 1.807) is 24.0 Å². The topological polar surface area (TPSA) is 96.0 Å². The van der Waals surface area contributed by atoms with Crippen molar-refractivity contribution in [1.29, 1.82) is 0 Å². The number of aryl methyl sites for hydroxylation is 1. The maximum absolute atomic E-state index is 13.1. The summed E-state index contributed by atoms with van der Waals surface area (Å²) in [6.45, 7) is 4.20. The molecule has 8 nitrogen and oxygen atoms in total. The van der Waals surface area contributed by atoms with E-state index in [9.17, 15) is 18.0 Å². The molecule has 2 amide bonds. The van der Waals surface area contributed by atoms with Crippen LogP contribution < -0.4 is 5.32 Å². The van der Waals surface area contributed by atoms with Crippen molar-refractivity contribution in [2.75, 3.05) is 44.7 Å². The number of nitrogens with zero attached hydrogens (tertiary/aromatic N) is 2. The summed E-state index contributed by atoms with van der Waals surface area (Å²) in [5.41, 5.74) is 1.10. The fourth-order valence-electron chi connectivity index (χ4n) is 4.03. The molecule has 1 N–H and O–H groups in total. The number of hydrogen-bond donors (Lipinski definition) is 1. The molecule has 2 aliphatic heterocycles. The quantitative estimate of drug-likeness (QED) is 0.714.